The van der Waals surface area contributed by atoms with Gasteiger partial charge < -0.3 is 10.1 Å². The minimum Gasteiger partial charge on any atom is -0.497 e. The molecule has 4 nitrogen and oxygen atoms in total. The third-order valence-electron chi connectivity index (χ3n) is 2.96. The van der Waals surface area contributed by atoms with Crippen LogP contribution in [0.5, 0.6) is 5.75 Å². The Hall–Kier alpha value is -2.87. The van der Waals surface area contributed by atoms with Crippen LogP contribution in [0.3, 0.4) is 0 Å². The molecule has 0 radical (unpaired) electrons. The summed E-state index contributed by atoms with van der Waals surface area (Å²) in [7, 11) is 1.54. The van der Waals surface area contributed by atoms with E-state index in [-0.39, 0.29) is 5.91 Å². The first-order chi connectivity index (χ1) is 10.1. The summed E-state index contributed by atoms with van der Waals surface area (Å²) in [6.45, 7) is 0. The van der Waals surface area contributed by atoms with Crippen molar-refractivity contribution in [2.45, 2.75) is 6.04 Å². The van der Waals surface area contributed by atoms with E-state index in [4.69, 9.17) is 10.00 Å². The minimum absolute atomic E-state index is 0.381. The average Bonchev–Trinajstić information content (AvgIpc) is 2.53. The predicted octanol–water partition coefficient (Wildman–Crippen LogP) is 2.83. The maximum absolute atomic E-state index is 12.9. The van der Waals surface area contributed by atoms with Gasteiger partial charge in [0.15, 0.2) is 0 Å². The van der Waals surface area contributed by atoms with E-state index in [0.29, 0.717) is 16.9 Å². The maximum Gasteiger partial charge on any atom is 0.252 e. The average molecular weight is 284 g/mol. The number of carbonyl (C=O) groups is 1. The van der Waals surface area contributed by atoms with E-state index < -0.39 is 11.9 Å². The Labute approximate surface area is 121 Å². The van der Waals surface area contributed by atoms with E-state index in [2.05, 4.69) is 5.32 Å². The summed E-state index contributed by atoms with van der Waals surface area (Å²) in [6, 6.07) is 13.1. The number of ether oxygens (including phenoxy) is 1. The number of methoxy groups -OCH3 is 1. The van der Waals surface area contributed by atoms with Crippen LogP contribution in [0.25, 0.3) is 0 Å². The standard InChI is InChI=1S/C16H13FN2O2/c1-21-14-8-4-12(5-9-14)16(20)19-15(10-18)11-2-6-13(17)7-3-11/h2-9,15H,1H3,(H,19,20)/t15-/m0/s1. The Morgan fingerprint density at radius 2 is 1.81 bits per heavy atom. The van der Waals surface area contributed by atoms with Gasteiger partial charge in [0.2, 0.25) is 0 Å². The zero-order valence-electron chi connectivity index (χ0n) is 11.3. The van der Waals surface area contributed by atoms with Crippen molar-refractivity contribution >= 4 is 5.91 Å². The molecule has 0 spiro atoms. The van der Waals surface area contributed by atoms with Crippen molar-refractivity contribution in [2.24, 2.45) is 0 Å². The quantitative estimate of drug-likeness (QED) is 0.939. The number of halogens is 1. The molecule has 0 saturated heterocycles. The number of benzene rings is 2. The minimum atomic E-state index is -0.833. The van der Waals surface area contributed by atoms with Crippen molar-refractivity contribution < 1.29 is 13.9 Å². The Morgan fingerprint density at radius 3 is 2.33 bits per heavy atom. The number of nitrogens with one attached hydrogen (secondary N) is 1. The summed E-state index contributed by atoms with van der Waals surface area (Å²) in [5, 5.41) is 11.7. The molecule has 0 saturated carbocycles. The highest BCUT2D eigenvalue weighted by atomic mass is 19.1. The Morgan fingerprint density at radius 1 is 1.19 bits per heavy atom. The third-order valence-corrected chi connectivity index (χ3v) is 2.96. The van der Waals surface area contributed by atoms with Crippen LogP contribution in [0.2, 0.25) is 0 Å². The van der Waals surface area contributed by atoms with Gasteiger partial charge in [-0.25, -0.2) is 4.39 Å². The van der Waals surface area contributed by atoms with Gasteiger partial charge in [-0.2, -0.15) is 5.26 Å². The first-order valence-corrected chi connectivity index (χ1v) is 6.24. The van der Waals surface area contributed by atoms with E-state index in [1.807, 2.05) is 6.07 Å². The lowest BCUT2D eigenvalue weighted by molar-refractivity contribution is 0.0945. The molecule has 0 unspecified atom stereocenters. The number of nitriles is 1. The second kappa shape index (κ2) is 6.53. The molecule has 1 atom stereocenters. The lowest BCUT2D eigenvalue weighted by Crippen LogP contribution is -2.27. The second-order valence-corrected chi connectivity index (χ2v) is 4.32. The molecule has 106 valence electrons. The van der Waals surface area contributed by atoms with Crippen LogP contribution in [0.4, 0.5) is 4.39 Å². The van der Waals surface area contributed by atoms with Crippen molar-refractivity contribution in [3.05, 3.63) is 65.5 Å². The second-order valence-electron chi connectivity index (χ2n) is 4.32. The largest absolute Gasteiger partial charge is 0.497 e. The number of rotatable bonds is 4. The number of carbonyl (C=O) groups excluding carboxylic acids is 1. The fourth-order valence-electron chi connectivity index (χ4n) is 1.80. The molecule has 0 aliphatic heterocycles. The van der Waals surface area contributed by atoms with Crippen molar-refractivity contribution in [1.29, 1.82) is 5.26 Å². The Kier molecular flexibility index (Phi) is 4.52. The van der Waals surface area contributed by atoms with E-state index in [1.54, 1.807) is 24.3 Å². The van der Waals surface area contributed by atoms with E-state index in [0.717, 1.165) is 0 Å². The highest BCUT2D eigenvalue weighted by molar-refractivity contribution is 5.94. The highest BCUT2D eigenvalue weighted by Crippen LogP contribution is 2.15. The van der Waals surface area contributed by atoms with Crippen molar-refractivity contribution in [1.82, 2.24) is 5.32 Å². The summed E-state index contributed by atoms with van der Waals surface area (Å²) in [6.07, 6.45) is 0. The topological polar surface area (TPSA) is 62.1 Å². The van der Waals surface area contributed by atoms with Gasteiger partial charge >= 0.3 is 0 Å². The fourth-order valence-corrected chi connectivity index (χ4v) is 1.80. The van der Waals surface area contributed by atoms with Crippen molar-refractivity contribution in [3.8, 4) is 11.8 Å². The molecule has 0 aromatic heterocycles. The van der Waals surface area contributed by atoms with E-state index >= 15 is 0 Å². The van der Waals surface area contributed by atoms with Gasteiger partial charge in [-0.15, -0.1) is 0 Å². The van der Waals surface area contributed by atoms with Gasteiger partial charge in [0.25, 0.3) is 5.91 Å². The molecule has 2 aromatic rings. The Balaban J connectivity index is 2.12. The summed E-state index contributed by atoms with van der Waals surface area (Å²) < 4.78 is 17.9. The Bertz CT molecular complexity index is 660. The lowest BCUT2D eigenvalue weighted by atomic mass is 10.1. The monoisotopic (exact) mass is 284 g/mol. The van der Waals surface area contributed by atoms with Gasteiger partial charge in [-0.05, 0) is 42.0 Å². The van der Waals surface area contributed by atoms with Gasteiger partial charge in [0, 0.05) is 5.56 Å². The first-order valence-electron chi connectivity index (χ1n) is 6.24. The molecular formula is C16H13FN2O2. The first kappa shape index (κ1) is 14.5. The number of nitrogens with zero attached hydrogens (tertiary/aromatic N) is 1. The number of hydrogen-bond donors (Lipinski definition) is 1. The number of hydrogen-bond acceptors (Lipinski definition) is 3. The van der Waals surface area contributed by atoms with Crippen LogP contribution in [-0.2, 0) is 0 Å². The molecule has 21 heavy (non-hydrogen) atoms. The van der Waals surface area contributed by atoms with Crippen LogP contribution in [-0.4, -0.2) is 13.0 Å². The molecule has 1 amide bonds. The van der Waals surface area contributed by atoms with Crippen LogP contribution in [0.1, 0.15) is 22.0 Å². The third kappa shape index (κ3) is 3.57. The molecule has 5 heteroatoms. The number of amides is 1. The van der Waals surface area contributed by atoms with Gasteiger partial charge in [0.05, 0.1) is 13.2 Å². The lowest BCUT2D eigenvalue weighted by Gasteiger charge is -2.12. The molecule has 1 N–H and O–H groups in total. The van der Waals surface area contributed by atoms with Crippen molar-refractivity contribution in [2.75, 3.05) is 7.11 Å². The van der Waals surface area contributed by atoms with Crippen molar-refractivity contribution in [3.63, 3.8) is 0 Å². The normalized spacial score (nSPS) is 11.3. The maximum atomic E-state index is 12.9. The molecular weight excluding hydrogens is 271 g/mol. The summed E-state index contributed by atoms with van der Waals surface area (Å²) in [4.78, 5) is 12.1. The fraction of sp³-hybridized carbons (Fsp3) is 0.125. The van der Waals surface area contributed by atoms with Gasteiger partial charge in [-0.3, -0.25) is 4.79 Å². The molecule has 0 fully saturated rings. The zero-order valence-corrected chi connectivity index (χ0v) is 11.3. The van der Waals surface area contributed by atoms with Crippen LogP contribution >= 0.6 is 0 Å². The van der Waals surface area contributed by atoms with E-state index in [1.165, 1.54) is 31.4 Å². The van der Waals surface area contributed by atoms with E-state index in [9.17, 15) is 9.18 Å². The zero-order chi connectivity index (χ0) is 15.2. The van der Waals surface area contributed by atoms with Crippen LogP contribution in [0.15, 0.2) is 48.5 Å². The predicted molar refractivity (Wildman–Crippen MR) is 75.2 cm³/mol. The van der Waals surface area contributed by atoms with Crippen LogP contribution in [0, 0.1) is 17.1 Å². The highest BCUT2D eigenvalue weighted by Gasteiger charge is 2.15. The van der Waals surface area contributed by atoms with Crippen LogP contribution < -0.4 is 10.1 Å². The van der Waals surface area contributed by atoms with Gasteiger partial charge in [0.1, 0.15) is 17.6 Å². The molecule has 0 aliphatic rings. The SMILES string of the molecule is COc1ccc(C(=O)N[C@@H](C#N)c2ccc(F)cc2)cc1. The molecule has 2 rings (SSSR count). The molecule has 0 heterocycles. The summed E-state index contributed by atoms with van der Waals surface area (Å²) in [5.41, 5.74) is 0.943. The summed E-state index contributed by atoms with van der Waals surface area (Å²) in [5.74, 6) is -0.132. The molecule has 0 aliphatic carbocycles. The molecule has 0 bridgehead atoms. The molecule has 2 aromatic carbocycles. The van der Waals surface area contributed by atoms with Gasteiger partial charge in [-0.1, -0.05) is 12.1 Å². The smallest absolute Gasteiger partial charge is 0.252 e. The summed E-state index contributed by atoms with van der Waals surface area (Å²) >= 11 is 0.